The molecule has 21 heavy (non-hydrogen) atoms. The maximum absolute atomic E-state index is 11.5. The van der Waals surface area contributed by atoms with E-state index in [9.17, 15) is 9.90 Å². The van der Waals surface area contributed by atoms with Gasteiger partial charge >= 0.3 is 6.09 Å². The number of fused-ring (bicyclic) bond motifs is 1. The molecule has 2 heterocycles. The highest BCUT2D eigenvalue weighted by Crippen LogP contribution is 2.54. The van der Waals surface area contributed by atoms with Crippen LogP contribution in [0.1, 0.15) is 20.3 Å². The van der Waals surface area contributed by atoms with E-state index in [1.807, 2.05) is 13.8 Å². The van der Waals surface area contributed by atoms with Gasteiger partial charge in [-0.25, -0.2) is 4.79 Å². The molecule has 0 radical (unpaired) electrons. The van der Waals surface area contributed by atoms with Crippen LogP contribution in [0.5, 0.6) is 0 Å². The second-order valence-corrected chi connectivity index (χ2v) is 6.78. The van der Waals surface area contributed by atoms with Gasteiger partial charge in [0.25, 0.3) is 0 Å². The summed E-state index contributed by atoms with van der Waals surface area (Å²) in [5, 5.41) is 17.2. The van der Waals surface area contributed by atoms with Crippen molar-refractivity contribution in [2.75, 3.05) is 13.6 Å². The maximum atomic E-state index is 11.5. The van der Waals surface area contributed by atoms with E-state index in [0.717, 1.165) is 5.17 Å². The summed E-state index contributed by atoms with van der Waals surface area (Å²) >= 11 is 1.52. The Morgan fingerprint density at radius 2 is 2.48 bits per heavy atom. The van der Waals surface area contributed by atoms with E-state index >= 15 is 0 Å². The molecule has 3 fully saturated rings. The highest BCUT2D eigenvalue weighted by Gasteiger charge is 2.70. The van der Waals surface area contributed by atoms with Crippen LogP contribution >= 0.6 is 11.8 Å². The predicted molar refractivity (Wildman–Crippen MR) is 79.2 cm³/mol. The van der Waals surface area contributed by atoms with Crippen LogP contribution < -0.4 is 10.6 Å². The van der Waals surface area contributed by atoms with Crippen LogP contribution in [-0.4, -0.2) is 59.2 Å². The largest absolute Gasteiger partial charge is 0.443 e. The molecule has 7 nitrogen and oxygen atoms in total. The number of carbonyl (C=O) groups excluding carboxylic acids is 1. The second-order valence-electron chi connectivity index (χ2n) is 5.69. The Hall–Kier alpha value is -0.990. The van der Waals surface area contributed by atoms with Gasteiger partial charge in [0.05, 0.1) is 12.1 Å². The number of carbonyl (C=O) groups is 1. The number of thioether (sulfide) groups is 1. The molecule has 0 aromatic carbocycles. The molecule has 0 unspecified atom stereocenters. The normalized spacial score (nSPS) is 46.1. The standard InChI is InChI=1S/C13H21N3O4S/c1-4-15-12(18)19-7-5-13(7)9(17)6(2)8-10(20-13)21-11(14-3)16-8/h6-10,17H,4-5H2,1-3H3,(H,14,16)(H,15,18)/t6-,7-,8-,9+,10-,13-/m1/s1. The fourth-order valence-corrected chi connectivity index (χ4v) is 4.29. The highest BCUT2D eigenvalue weighted by atomic mass is 32.2. The van der Waals surface area contributed by atoms with E-state index in [1.165, 1.54) is 11.8 Å². The SMILES string of the molecule is CCNC(=O)O[C@@H]1C[C@@]12O[C@@H]1SC(=NC)N[C@@H]1[C@@H](C)[C@@H]2O. The van der Waals surface area contributed by atoms with E-state index in [2.05, 4.69) is 15.6 Å². The Kier molecular flexibility index (Phi) is 3.79. The summed E-state index contributed by atoms with van der Waals surface area (Å²) in [6, 6.07) is 0.0278. The maximum Gasteiger partial charge on any atom is 0.407 e. The number of alkyl carbamates (subject to hydrolysis) is 1. The second kappa shape index (κ2) is 5.33. The number of amidine groups is 1. The molecular formula is C13H21N3O4S. The Morgan fingerprint density at radius 3 is 3.14 bits per heavy atom. The molecule has 0 aromatic heterocycles. The molecule has 1 saturated carbocycles. The zero-order chi connectivity index (χ0) is 15.2. The average Bonchev–Trinajstić information content (AvgIpc) is 2.94. The lowest BCUT2D eigenvalue weighted by Crippen LogP contribution is -2.57. The lowest BCUT2D eigenvalue weighted by Gasteiger charge is -2.40. The number of nitrogens with one attached hydrogen (secondary N) is 2. The summed E-state index contributed by atoms with van der Waals surface area (Å²) < 4.78 is 11.4. The van der Waals surface area contributed by atoms with E-state index in [-0.39, 0.29) is 23.5 Å². The molecule has 2 saturated heterocycles. The number of nitrogens with zero attached hydrogens (tertiary/aromatic N) is 1. The molecule has 118 valence electrons. The molecule has 0 bridgehead atoms. The van der Waals surface area contributed by atoms with Crippen LogP contribution in [0, 0.1) is 5.92 Å². The number of amides is 1. The van der Waals surface area contributed by atoms with Gasteiger partial charge in [0.15, 0.2) is 5.17 Å². The highest BCUT2D eigenvalue weighted by molar-refractivity contribution is 8.14. The first-order valence-corrected chi connectivity index (χ1v) is 8.10. The Morgan fingerprint density at radius 1 is 1.71 bits per heavy atom. The fraction of sp³-hybridized carbons (Fsp3) is 0.846. The van der Waals surface area contributed by atoms with Crippen LogP contribution in [0.3, 0.4) is 0 Å². The van der Waals surface area contributed by atoms with Crippen molar-refractivity contribution in [2.24, 2.45) is 10.9 Å². The summed E-state index contributed by atoms with van der Waals surface area (Å²) in [6.45, 7) is 4.33. The summed E-state index contributed by atoms with van der Waals surface area (Å²) in [5.74, 6) is -0.00154. The molecule has 1 amide bonds. The van der Waals surface area contributed by atoms with Crippen molar-refractivity contribution in [2.45, 2.75) is 49.6 Å². The number of rotatable bonds is 2. The fourth-order valence-electron chi connectivity index (χ4n) is 3.07. The average molecular weight is 315 g/mol. The van der Waals surface area contributed by atoms with Crippen LogP contribution in [0.15, 0.2) is 4.99 Å². The van der Waals surface area contributed by atoms with Crippen LogP contribution in [0.4, 0.5) is 4.79 Å². The lowest BCUT2D eigenvalue weighted by atomic mass is 9.88. The van der Waals surface area contributed by atoms with E-state index in [1.54, 1.807) is 7.05 Å². The minimum atomic E-state index is -0.760. The lowest BCUT2D eigenvalue weighted by molar-refractivity contribution is -0.155. The van der Waals surface area contributed by atoms with Crippen molar-refractivity contribution in [1.82, 2.24) is 10.6 Å². The van der Waals surface area contributed by atoms with Crippen molar-refractivity contribution in [3.63, 3.8) is 0 Å². The molecule has 0 aromatic rings. The Labute approximate surface area is 127 Å². The van der Waals surface area contributed by atoms with Gasteiger partial charge in [-0.2, -0.15) is 0 Å². The molecule has 1 spiro atoms. The topological polar surface area (TPSA) is 92.2 Å². The summed E-state index contributed by atoms with van der Waals surface area (Å²) in [5.41, 5.74) is -0.867. The Balaban J connectivity index is 1.70. The summed E-state index contributed by atoms with van der Waals surface area (Å²) in [4.78, 5) is 15.7. The van der Waals surface area contributed by atoms with Crippen molar-refractivity contribution in [3.8, 4) is 0 Å². The van der Waals surface area contributed by atoms with E-state index in [0.29, 0.717) is 13.0 Å². The minimum absolute atomic E-state index is 0.00154. The number of hydrogen-bond donors (Lipinski definition) is 3. The Bertz CT molecular complexity index is 474. The van der Waals surface area contributed by atoms with Crippen molar-refractivity contribution < 1.29 is 19.4 Å². The molecule has 3 rings (SSSR count). The van der Waals surface area contributed by atoms with Gasteiger partial charge in [0.1, 0.15) is 17.1 Å². The molecular weight excluding hydrogens is 294 g/mol. The van der Waals surface area contributed by atoms with Gasteiger partial charge in [-0.3, -0.25) is 4.99 Å². The third-order valence-corrected chi connectivity index (χ3v) is 5.52. The zero-order valence-corrected chi connectivity index (χ0v) is 13.1. The number of aliphatic hydroxyl groups is 1. The van der Waals surface area contributed by atoms with Crippen molar-refractivity contribution >= 4 is 23.0 Å². The van der Waals surface area contributed by atoms with Gasteiger partial charge < -0.3 is 25.2 Å². The first-order valence-electron chi connectivity index (χ1n) is 7.22. The molecule has 1 aliphatic carbocycles. The smallest absolute Gasteiger partial charge is 0.407 e. The molecule has 3 aliphatic rings. The van der Waals surface area contributed by atoms with Crippen LogP contribution in [0.25, 0.3) is 0 Å². The number of hydrogen-bond acceptors (Lipinski definition) is 6. The number of aliphatic imine (C=N–C) groups is 1. The monoisotopic (exact) mass is 315 g/mol. The van der Waals surface area contributed by atoms with Gasteiger partial charge in [0, 0.05) is 25.9 Å². The van der Waals surface area contributed by atoms with Crippen LogP contribution in [-0.2, 0) is 9.47 Å². The van der Waals surface area contributed by atoms with Crippen molar-refractivity contribution in [3.05, 3.63) is 0 Å². The third kappa shape index (κ3) is 2.39. The molecule has 8 heteroatoms. The zero-order valence-electron chi connectivity index (χ0n) is 12.3. The third-order valence-electron chi connectivity index (χ3n) is 4.37. The number of ether oxygens (including phenoxy) is 2. The molecule has 6 atom stereocenters. The van der Waals surface area contributed by atoms with Gasteiger partial charge in [-0.05, 0) is 6.92 Å². The van der Waals surface area contributed by atoms with E-state index < -0.39 is 17.8 Å². The predicted octanol–water partition coefficient (Wildman–Crippen LogP) is 0.288. The molecule has 3 N–H and O–H groups in total. The first kappa shape index (κ1) is 14.9. The van der Waals surface area contributed by atoms with Gasteiger partial charge in [-0.1, -0.05) is 18.7 Å². The van der Waals surface area contributed by atoms with E-state index in [4.69, 9.17) is 9.47 Å². The summed E-state index contributed by atoms with van der Waals surface area (Å²) in [6.07, 6.45) is -0.969. The van der Waals surface area contributed by atoms with Gasteiger partial charge in [-0.15, -0.1) is 0 Å². The first-order chi connectivity index (χ1) is 10.0. The van der Waals surface area contributed by atoms with Gasteiger partial charge in [0.2, 0.25) is 0 Å². The van der Waals surface area contributed by atoms with Crippen molar-refractivity contribution in [1.29, 1.82) is 0 Å². The number of aliphatic hydroxyl groups excluding tert-OH is 1. The van der Waals surface area contributed by atoms with Crippen LogP contribution in [0.2, 0.25) is 0 Å². The summed E-state index contributed by atoms with van der Waals surface area (Å²) in [7, 11) is 1.72. The minimum Gasteiger partial charge on any atom is -0.443 e. The quantitative estimate of drug-likeness (QED) is 0.678. The molecule has 2 aliphatic heterocycles.